The number of likely N-dealkylation sites (tertiary alicyclic amines) is 1. The molecule has 4 rings (SSSR count). The fourth-order valence-corrected chi connectivity index (χ4v) is 4.21. The van der Waals surface area contributed by atoms with Gasteiger partial charge in [0.25, 0.3) is 5.91 Å². The maximum Gasteiger partial charge on any atom is 0.407 e. The van der Waals surface area contributed by atoms with Crippen molar-refractivity contribution in [2.75, 3.05) is 13.1 Å². The van der Waals surface area contributed by atoms with Crippen molar-refractivity contribution in [1.82, 2.24) is 15.5 Å². The van der Waals surface area contributed by atoms with Gasteiger partial charge in [0.15, 0.2) is 0 Å². The number of fused-ring (bicyclic) bond motifs is 1. The highest BCUT2D eigenvalue weighted by Gasteiger charge is 2.31. The van der Waals surface area contributed by atoms with Gasteiger partial charge in [0.1, 0.15) is 0 Å². The van der Waals surface area contributed by atoms with Crippen molar-refractivity contribution in [1.29, 1.82) is 0 Å². The molecule has 0 spiro atoms. The average molecular weight is 446 g/mol. The zero-order valence-corrected chi connectivity index (χ0v) is 18.5. The van der Waals surface area contributed by atoms with Crippen LogP contribution >= 0.6 is 0 Å². The lowest BCUT2D eigenvalue weighted by atomic mass is 9.98. The van der Waals surface area contributed by atoms with Gasteiger partial charge in [0, 0.05) is 25.1 Å². The first kappa shape index (κ1) is 22.3. The van der Waals surface area contributed by atoms with Gasteiger partial charge in [0.2, 0.25) is 5.91 Å². The molecular formula is C26H27N3O4. The molecule has 3 aromatic carbocycles. The maximum atomic E-state index is 13.1. The van der Waals surface area contributed by atoms with Crippen LogP contribution in [0.5, 0.6) is 0 Å². The zero-order valence-electron chi connectivity index (χ0n) is 18.5. The topological polar surface area (TPSA) is 98.7 Å². The third-order valence-electron chi connectivity index (χ3n) is 6.04. The van der Waals surface area contributed by atoms with E-state index in [1.54, 1.807) is 6.07 Å². The predicted octanol–water partition coefficient (Wildman–Crippen LogP) is 3.74. The Hall–Kier alpha value is -3.87. The van der Waals surface area contributed by atoms with Gasteiger partial charge < -0.3 is 20.6 Å². The summed E-state index contributed by atoms with van der Waals surface area (Å²) in [4.78, 5) is 37.5. The minimum Gasteiger partial charge on any atom is -0.465 e. The number of benzene rings is 3. The lowest BCUT2D eigenvalue weighted by Crippen LogP contribution is -2.60. The van der Waals surface area contributed by atoms with Gasteiger partial charge in [-0.1, -0.05) is 60.7 Å². The highest BCUT2D eigenvalue weighted by atomic mass is 16.4. The Bertz CT molecular complexity index is 1180. The molecule has 3 aromatic rings. The van der Waals surface area contributed by atoms with Crippen LogP contribution in [0.4, 0.5) is 4.79 Å². The standard InChI is InChI=1S/C26H27N3O4/c1-17(21-12-6-9-18-7-2-4-10-22(18)21)27-25(31)23-11-5-3-8-19(23)13-14-24(30)28-20-15-29(16-20)26(32)33/h2-12,17,20H,13-16H2,1H3,(H,27,31)(H,28,30)(H,32,33). The second-order valence-corrected chi connectivity index (χ2v) is 8.37. The molecule has 1 saturated heterocycles. The summed E-state index contributed by atoms with van der Waals surface area (Å²) < 4.78 is 0. The molecule has 3 amide bonds. The number of amides is 3. The van der Waals surface area contributed by atoms with Crippen LogP contribution in [0.15, 0.2) is 66.7 Å². The fourth-order valence-electron chi connectivity index (χ4n) is 4.21. The molecular weight excluding hydrogens is 418 g/mol. The van der Waals surface area contributed by atoms with E-state index in [2.05, 4.69) is 28.8 Å². The molecule has 7 heteroatoms. The minimum absolute atomic E-state index is 0.145. The fraction of sp³-hybridized carbons (Fsp3) is 0.269. The highest BCUT2D eigenvalue weighted by molar-refractivity contribution is 5.96. The largest absolute Gasteiger partial charge is 0.465 e. The SMILES string of the molecule is CC(NC(=O)c1ccccc1CCC(=O)NC1CN(C(=O)O)C1)c1cccc2ccccc12. The third kappa shape index (κ3) is 5.14. The number of hydrogen-bond donors (Lipinski definition) is 3. The molecule has 1 atom stereocenters. The van der Waals surface area contributed by atoms with Gasteiger partial charge in [-0.05, 0) is 41.3 Å². The Kier molecular flexibility index (Phi) is 6.58. The Morgan fingerprint density at radius 2 is 1.70 bits per heavy atom. The summed E-state index contributed by atoms with van der Waals surface area (Å²) in [7, 11) is 0. The van der Waals surface area contributed by atoms with Crippen LogP contribution in [0.1, 0.15) is 40.9 Å². The molecule has 7 nitrogen and oxygen atoms in total. The van der Waals surface area contributed by atoms with Gasteiger partial charge >= 0.3 is 6.09 Å². The predicted molar refractivity (Wildman–Crippen MR) is 126 cm³/mol. The summed E-state index contributed by atoms with van der Waals surface area (Å²) in [6.07, 6.45) is -0.321. The van der Waals surface area contributed by atoms with E-state index in [4.69, 9.17) is 5.11 Å². The first-order chi connectivity index (χ1) is 15.9. The summed E-state index contributed by atoms with van der Waals surface area (Å²) >= 11 is 0. The van der Waals surface area contributed by atoms with Gasteiger partial charge in [-0.3, -0.25) is 9.59 Å². The quantitative estimate of drug-likeness (QED) is 0.516. The molecule has 1 heterocycles. The van der Waals surface area contributed by atoms with Crippen molar-refractivity contribution in [2.24, 2.45) is 0 Å². The van der Waals surface area contributed by atoms with E-state index < -0.39 is 6.09 Å². The molecule has 1 aliphatic heterocycles. The molecule has 1 fully saturated rings. The molecule has 0 aliphatic carbocycles. The lowest BCUT2D eigenvalue weighted by Gasteiger charge is -2.37. The number of nitrogens with one attached hydrogen (secondary N) is 2. The van der Waals surface area contributed by atoms with Crippen LogP contribution in [0.2, 0.25) is 0 Å². The normalized spacial score (nSPS) is 14.4. The Morgan fingerprint density at radius 1 is 1.00 bits per heavy atom. The first-order valence-corrected chi connectivity index (χ1v) is 11.1. The molecule has 0 radical (unpaired) electrons. The Labute approximate surface area is 192 Å². The molecule has 0 bridgehead atoms. The van der Waals surface area contributed by atoms with E-state index in [9.17, 15) is 14.4 Å². The van der Waals surface area contributed by atoms with Gasteiger partial charge in [0.05, 0.1) is 12.1 Å². The van der Waals surface area contributed by atoms with Crippen LogP contribution in [0.3, 0.4) is 0 Å². The zero-order chi connectivity index (χ0) is 23.4. The van der Waals surface area contributed by atoms with E-state index in [1.165, 1.54) is 4.90 Å². The lowest BCUT2D eigenvalue weighted by molar-refractivity contribution is -0.122. The Morgan fingerprint density at radius 3 is 2.48 bits per heavy atom. The van der Waals surface area contributed by atoms with E-state index >= 15 is 0 Å². The molecule has 1 unspecified atom stereocenters. The highest BCUT2D eigenvalue weighted by Crippen LogP contribution is 2.24. The molecule has 33 heavy (non-hydrogen) atoms. The first-order valence-electron chi connectivity index (χ1n) is 11.1. The minimum atomic E-state index is -0.974. The van der Waals surface area contributed by atoms with E-state index in [1.807, 2.05) is 49.4 Å². The van der Waals surface area contributed by atoms with Crippen molar-refractivity contribution >= 4 is 28.7 Å². The van der Waals surface area contributed by atoms with Crippen LogP contribution in [0.25, 0.3) is 10.8 Å². The van der Waals surface area contributed by atoms with Crippen LogP contribution in [0, 0.1) is 0 Å². The maximum absolute atomic E-state index is 13.1. The van der Waals surface area contributed by atoms with Crippen molar-refractivity contribution in [2.45, 2.75) is 31.8 Å². The van der Waals surface area contributed by atoms with Crippen LogP contribution in [-0.4, -0.2) is 47.0 Å². The average Bonchev–Trinajstić information content (AvgIpc) is 2.79. The number of hydrogen-bond acceptors (Lipinski definition) is 3. The molecule has 170 valence electrons. The number of carbonyl (C=O) groups is 3. The van der Waals surface area contributed by atoms with Crippen LogP contribution in [-0.2, 0) is 11.2 Å². The van der Waals surface area contributed by atoms with Gasteiger partial charge in [-0.15, -0.1) is 0 Å². The summed E-state index contributed by atoms with van der Waals surface area (Å²) in [6.45, 7) is 2.59. The Balaban J connectivity index is 1.38. The van der Waals surface area contributed by atoms with E-state index in [0.29, 0.717) is 25.1 Å². The van der Waals surface area contributed by atoms with E-state index in [-0.39, 0.29) is 30.3 Å². The summed E-state index contributed by atoms with van der Waals surface area (Å²) in [5.41, 5.74) is 2.41. The molecule has 0 saturated carbocycles. The van der Waals surface area contributed by atoms with E-state index in [0.717, 1.165) is 21.9 Å². The molecule has 0 aromatic heterocycles. The summed E-state index contributed by atoms with van der Waals surface area (Å²) in [5.74, 6) is -0.327. The number of rotatable bonds is 7. The number of carboxylic acid groups (broad SMARTS) is 1. The monoisotopic (exact) mass is 445 g/mol. The van der Waals surface area contributed by atoms with Crippen molar-refractivity contribution in [3.05, 3.63) is 83.4 Å². The van der Waals surface area contributed by atoms with Crippen LogP contribution < -0.4 is 10.6 Å². The summed E-state index contributed by atoms with van der Waals surface area (Å²) in [5, 5.41) is 17.1. The smallest absolute Gasteiger partial charge is 0.407 e. The molecule has 1 aliphatic rings. The number of carbonyl (C=O) groups excluding carboxylic acids is 2. The van der Waals surface area contributed by atoms with Gasteiger partial charge in [-0.25, -0.2) is 4.79 Å². The third-order valence-corrected chi connectivity index (χ3v) is 6.04. The van der Waals surface area contributed by atoms with Crippen molar-refractivity contribution < 1.29 is 19.5 Å². The summed E-state index contributed by atoms with van der Waals surface area (Å²) in [6, 6.07) is 21.1. The van der Waals surface area contributed by atoms with Gasteiger partial charge in [-0.2, -0.15) is 0 Å². The van der Waals surface area contributed by atoms with Crippen molar-refractivity contribution in [3.63, 3.8) is 0 Å². The number of aryl methyl sites for hydroxylation is 1. The molecule has 3 N–H and O–H groups in total. The second kappa shape index (κ2) is 9.73. The number of nitrogens with zero attached hydrogens (tertiary/aromatic N) is 1. The second-order valence-electron chi connectivity index (χ2n) is 8.37. The van der Waals surface area contributed by atoms with Crippen molar-refractivity contribution in [3.8, 4) is 0 Å².